The minimum Gasteiger partial charge on any atom is -0.486 e. The van der Waals surface area contributed by atoms with Crippen LogP contribution in [0.4, 0.5) is 0 Å². The summed E-state index contributed by atoms with van der Waals surface area (Å²) in [6, 6.07) is 11.8. The third-order valence-corrected chi connectivity index (χ3v) is 4.29. The number of carbonyl (C=O) groups is 2. The molecule has 0 spiro atoms. The summed E-state index contributed by atoms with van der Waals surface area (Å²) in [5, 5.41) is 4.38. The lowest BCUT2D eigenvalue weighted by atomic mass is 10.2. The first kappa shape index (κ1) is 20.2. The molecule has 0 bridgehead atoms. The molecular formula is C21H23N3O5. The van der Waals surface area contributed by atoms with E-state index in [9.17, 15) is 9.59 Å². The van der Waals surface area contributed by atoms with Crippen LogP contribution < -0.4 is 4.74 Å². The number of methoxy groups -OCH3 is 1. The smallest absolute Gasteiger partial charge is 0.337 e. The summed E-state index contributed by atoms with van der Waals surface area (Å²) in [4.78, 5) is 25.5. The standard InChI is InChI=1S/C21H23N3O5/c1-4-24-12-11-16(22-24)13-23(2)20(25)19-10-9-18(29-19)14-28-17-7-5-15(6-8-17)21(26)27-3/h5-12H,4,13-14H2,1-3H3. The van der Waals surface area contributed by atoms with Crippen LogP contribution >= 0.6 is 0 Å². The second-order valence-corrected chi connectivity index (χ2v) is 6.39. The summed E-state index contributed by atoms with van der Waals surface area (Å²) < 4.78 is 17.7. The molecule has 8 nitrogen and oxygen atoms in total. The van der Waals surface area contributed by atoms with Gasteiger partial charge in [0.2, 0.25) is 0 Å². The number of esters is 1. The van der Waals surface area contributed by atoms with Gasteiger partial charge in [0.1, 0.15) is 18.1 Å². The summed E-state index contributed by atoms with van der Waals surface area (Å²) in [5.41, 5.74) is 1.26. The van der Waals surface area contributed by atoms with E-state index in [0.29, 0.717) is 23.6 Å². The molecule has 3 rings (SSSR count). The normalized spacial score (nSPS) is 10.6. The van der Waals surface area contributed by atoms with Gasteiger partial charge in [0, 0.05) is 19.8 Å². The van der Waals surface area contributed by atoms with Gasteiger partial charge >= 0.3 is 5.97 Å². The molecule has 0 fully saturated rings. The van der Waals surface area contributed by atoms with Crippen molar-refractivity contribution in [3.05, 3.63) is 71.4 Å². The molecule has 0 aliphatic heterocycles. The Hall–Kier alpha value is -3.55. The molecule has 3 aromatic rings. The van der Waals surface area contributed by atoms with Crippen LogP contribution in [-0.2, 0) is 24.4 Å². The molecule has 2 heterocycles. The van der Waals surface area contributed by atoms with Crippen molar-refractivity contribution in [1.29, 1.82) is 0 Å². The fraction of sp³-hybridized carbons (Fsp3) is 0.286. The highest BCUT2D eigenvalue weighted by Gasteiger charge is 2.17. The Morgan fingerprint density at radius 3 is 2.55 bits per heavy atom. The van der Waals surface area contributed by atoms with E-state index in [4.69, 9.17) is 9.15 Å². The third-order valence-electron chi connectivity index (χ3n) is 4.29. The molecule has 0 N–H and O–H groups in total. The molecule has 0 unspecified atom stereocenters. The first-order valence-corrected chi connectivity index (χ1v) is 9.18. The van der Waals surface area contributed by atoms with Crippen molar-refractivity contribution >= 4 is 11.9 Å². The van der Waals surface area contributed by atoms with Crippen LogP contribution in [0.25, 0.3) is 0 Å². The maximum Gasteiger partial charge on any atom is 0.337 e. The first-order valence-electron chi connectivity index (χ1n) is 9.18. The van der Waals surface area contributed by atoms with Crippen LogP contribution in [0.1, 0.15) is 39.3 Å². The van der Waals surface area contributed by atoms with Crippen molar-refractivity contribution in [1.82, 2.24) is 14.7 Å². The molecule has 29 heavy (non-hydrogen) atoms. The number of hydrogen-bond acceptors (Lipinski definition) is 6. The lowest BCUT2D eigenvalue weighted by molar-refractivity contribution is 0.0600. The van der Waals surface area contributed by atoms with E-state index >= 15 is 0 Å². The summed E-state index contributed by atoms with van der Waals surface area (Å²) in [6.45, 7) is 3.34. The number of carbonyl (C=O) groups excluding carboxylic acids is 2. The fourth-order valence-corrected chi connectivity index (χ4v) is 2.70. The van der Waals surface area contributed by atoms with Gasteiger partial charge in [0.25, 0.3) is 5.91 Å². The number of amides is 1. The Labute approximate surface area is 168 Å². The number of hydrogen-bond donors (Lipinski definition) is 0. The molecule has 1 amide bonds. The summed E-state index contributed by atoms with van der Waals surface area (Å²) in [5.74, 6) is 0.697. The van der Waals surface area contributed by atoms with Crippen LogP contribution in [0.3, 0.4) is 0 Å². The summed E-state index contributed by atoms with van der Waals surface area (Å²) in [6.07, 6.45) is 1.88. The number of benzene rings is 1. The van der Waals surface area contributed by atoms with E-state index in [1.54, 1.807) is 48.3 Å². The fourth-order valence-electron chi connectivity index (χ4n) is 2.70. The second kappa shape index (κ2) is 9.09. The largest absolute Gasteiger partial charge is 0.486 e. The molecular weight excluding hydrogens is 374 g/mol. The minimum atomic E-state index is -0.406. The predicted octanol–water partition coefficient (Wildman–Crippen LogP) is 3.13. The van der Waals surface area contributed by atoms with Gasteiger partial charge in [-0.15, -0.1) is 0 Å². The van der Waals surface area contributed by atoms with Gasteiger partial charge in [0.15, 0.2) is 5.76 Å². The van der Waals surface area contributed by atoms with Crippen LogP contribution in [0, 0.1) is 0 Å². The van der Waals surface area contributed by atoms with Gasteiger partial charge in [-0.1, -0.05) is 0 Å². The zero-order valence-corrected chi connectivity index (χ0v) is 16.6. The van der Waals surface area contributed by atoms with Crippen LogP contribution in [0.5, 0.6) is 5.75 Å². The van der Waals surface area contributed by atoms with Crippen molar-refractivity contribution in [2.45, 2.75) is 26.6 Å². The predicted molar refractivity (Wildman–Crippen MR) is 105 cm³/mol. The van der Waals surface area contributed by atoms with Gasteiger partial charge in [-0.2, -0.15) is 5.10 Å². The lowest BCUT2D eigenvalue weighted by Gasteiger charge is -2.14. The van der Waals surface area contributed by atoms with Gasteiger partial charge < -0.3 is 18.8 Å². The average Bonchev–Trinajstić information content (AvgIpc) is 3.41. The summed E-state index contributed by atoms with van der Waals surface area (Å²) >= 11 is 0. The Balaban J connectivity index is 1.55. The molecule has 8 heteroatoms. The Morgan fingerprint density at radius 2 is 1.90 bits per heavy atom. The highest BCUT2D eigenvalue weighted by atomic mass is 16.5. The van der Waals surface area contributed by atoms with Gasteiger partial charge in [-0.25, -0.2) is 4.79 Å². The number of furan rings is 1. The van der Waals surface area contributed by atoms with Gasteiger partial charge in [-0.3, -0.25) is 9.48 Å². The lowest BCUT2D eigenvalue weighted by Crippen LogP contribution is -2.26. The van der Waals surface area contributed by atoms with E-state index in [1.165, 1.54) is 7.11 Å². The van der Waals surface area contributed by atoms with Crippen LogP contribution in [-0.4, -0.2) is 40.7 Å². The van der Waals surface area contributed by atoms with Crippen molar-refractivity contribution in [2.24, 2.45) is 0 Å². The molecule has 0 aliphatic rings. The number of rotatable bonds is 8. The quantitative estimate of drug-likeness (QED) is 0.543. The van der Waals surface area contributed by atoms with E-state index < -0.39 is 5.97 Å². The number of aromatic nitrogens is 2. The topological polar surface area (TPSA) is 86.8 Å². The molecule has 0 aliphatic carbocycles. The van der Waals surface area contributed by atoms with Crippen LogP contribution in [0.2, 0.25) is 0 Å². The maximum atomic E-state index is 12.6. The molecule has 0 saturated heterocycles. The van der Waals surface area contributed by atoms with Gasteiger partial charge in [0.05, 0.1) is 24.9 Å². The van der Waals surface area contributed by atoms with E-state index in [0.717, 1.165) is 12.2 Å². The van der Waals surface area contributed by atoms with Crippen molar-refractivity contribution in [2.75, 3.05) is 14.2 Å². The SMILES string of the molecule is CCn1ccc(CN(C)C(=O)c2ccc(COc3ccc(C(=O)OC)cc3)o2)n1. The first-order chi connectivity index (χ1) is 14.0. The Bertz CT molecular complexity index is 974. The van der Waals surface area contributed by atoms with Crippen LogP contribution in [0.15, 0.2) is 53.1 Å². The molecule has 1 aromatic carbocycles. The molecule has 2 aromatic heterocycles. The van der Waals surface area contributed by atoms with Crippen molar-refractivity contribution in [3.63, 3.8) is 0 Å². The van der Waals surface area contributed by atoms with Crippen molar-refractivity contribution < 1.29 is 23.5 Å². The molecule has 0 atom stereocenters. The van der Waals surface area contributed by atoms with Crippen molar-refractivity contribution in [3.8, 4) is 5.75 Å². The highest BCUT2D eigenvalue weighted by Crippen LogP contribution is 2.17. The summed E-state index contributed by atoms with van der Waals surface area (Å²) in [7, 11) is 3.03. The minimum absolute atomic E-state index is 0.162. The number of ether oxygens (including phenoxy) is 2. The zero-order valence-electron chi connectivity index (χ0n) is 16.6. The van der Waals surface area contributed by atoms with E-state index in [-0.39, 0.29) is 18.3 Å². The Kier molecular flexibility index (Phi) is 6.33. The molecule has 152 valence electrons. The monoisotopic (exact) mass is 397 g/mol. The second-order valence-electron chi connectivity index (χ2n) is 6.39. The third kappa shape index (κ3) is 5.04. The Morgan fingerprint density at radius 1 is 1.14 bits per heavy atom. The van der Waals surface area contributed by atoms with E-state index in [2.05, 4.69) is 9.84 Å². The average molecular weight is 397 g/mol. The molecule has 0 radical (unpaired) electrons. The zero-order chi connectivity index (χ0) is 20.8. The number of nitrogens with zero attached hydrogens (tertiary/aromatic N) is 3. The number of aryl methyl sites for hydroxylation is 1. The molecule has 0 saturated carbocycles. The van der Waals surface area contributed by atoms with E-state index in [1.807, 2.05) is 23.9 Å². The maximum absolute atomic E-state index is 12.6. The van der Waals surface area contributed by atoms with Gasteiger partial charge in [-0.05, 0) is 49.4 Å². The highest BCUT2D eigenvalue weighted by molar-refractivity contribution is 5.91.